The zero-order chi connectivity index (χ0) is 17.4. The first-order valence-corrected chi connectivity index (χ1v) is 7.90. The molecule has 0 bridgehead atoms. The Morgan fingerprint density at radius 1 is 1.33 bits per heavy atom. The van der Waals surface area contributed by atoms with Crippen molar-refractivity contribution in [2.24, 2.45) is 5.92 Å². The van der Waals surface area contributed by atoms with E-state index in [4.69, 9.17) is 0 Å². The third-order valence-electron chi connectivity index (χ3n) is 4.59. The Balaban J connectivity index is 1.98. The molecular formula is C17H19N3O4. The summed E-state index contributed by atoms with van der Waals surface area (Å²) in [6, 6.07) is 3.43. The second kappa shape index (κ2) is 6.07. The number of nitrogens with zero attached hydrogens (tertiary/aromatic N) is 3. The zero-order valence-electron chi connectivity index (χ0n) is 13.6. The third kappa shape index (κ3) is 2.77. The van der Waals surface area contributed by atoms with E-state index in [1.54, 1.807) is 18.3 Å². The van der Waals surface area contributed by atoms with Crippen LogP contribution in [0, 0.1) is 12.8 Å². The van der Waals surface area contributed by atoms with Gasteiger partial charge in [0.25, 0.3) is 11.5 Å². The number of aliphatic carboxylic acids is 1. The van der Waals surface area contributed by atoms with E-state index >= 15 is 0 Å². The quantitative estimate of drug-likeness (QED) is 0.897. The number of carboxylic acid groups (broad SMARTS) is 1. The maximum atomic E-state index is 12.8. The molecule has 0 aromatic carbocycles. The van der Waals surface area contributed by atoms with Crippen molar-refractivity contribution in [3.63, 3.8) is 0 Å². The van der Waals surface area contributed by atoms with Crippen molar-refractivity contribution in [3.05, 3.63) is 46.0 Å². The highest BCUT2D eigenvalue weighted by molar-refractivity contribution is 5.94. The van der Waals surface area contributed by atoms with Gasteiger partial charge in [0, 0.05) is 25.0 Å². The number of amides is 1. The Labute approximate surface area is 138 Å². The molecule has 2 atom stereocenters. The number of aryl methyl sites for hydroxylation is 1. The fourth-order valence-electron chi connectivity index (χ4n) is 3.07. The van der Waals surface area contributed by atoms with Crippen molar-refractivity contribution < 1.29 is 14.7 Å². The molecule has 2 unspecified atom stereocenters. The molecule has 1 amide bonds. The first kappa shape index (κ1) is 16.2. The van der Waals surface area contributed by atoms with Gasteiger partial charge >= 0.3 is 5.97 Å². The summed E-state index contributed by atoms with van der Waals surface area (Å²) >= 11 is 0. The number of rotatable bonds is 2. The van der Waals surface area contributed by atoms with Gasteiger partial charge in [0.05, 0.1) is 5.92 Å². The molecule has 2 aromatic heterocycles. The lowest BCUT2D eigenvalue weighted by atomic mass is 9.93. The summed E-state index contributed by atoms with van der Waals surface area (Å²) < 4.78 is 1.34. The zero-order valence-corrected chi connectivity index (χ0v) is 13.6. The lowest BCUT2D eigenvalue weighted by Crippen LogP contribution is -2.48. The number of likely N-dealkylation sites (tertiary alicyclic amines) is 1. The highest BCUT2D eigenvalue weighted by Crippen LogP contribution is 2.23. The van der Waals surface area contributed by atoms with Gasteiger partial charge in [0.1, 0.15) is 11.2 Å². The SMILES string of the molecule is Cc1ccn2c(=O)c(C(=O)N3CC(C(=O)O)CCC3C)cnc2c1. The molecule has 0 spiro atoms. The van der Waals surface area contributed by atoms with Crippen LogP contribution < -0.4 is 5.56 Å². The van der Waals surface area contributed by atoms with Gasteiger partial charge in [0.2, 0.25) is 0 Å². The van der Waals surface area contributed by atoms with Crippen LogP contribution in [0.25, 0.3) is 5.65 Å². The minimum atomic E-state index is -0.913. The summed E-state index contributed by atoms with van der Waals surface area (Å²) in [5.74, 6) is -1.96. The Morgan fingerprint density at radius 2 is 2.08 bits per heavy atom. The molecule has 1 aliphatic rings. The van der Waals surface area contributed by atoms with E-state index in [2.05, 4.69) is 4.98 Å². The monoisotopic (exact) mass is 329 g/mol. The molecule has 1 saturated heterocycles. The molecule has 1 fully saturated rings. The van der Waals surface area contributed by atoms with Crippen molar-refractivity contribution in [1.82, 2.24) is 14.3 Å². The molecule has 24 heavy (non-hydrogen) atoms. The first-order chi connectivity index (χ1) is 11.4. The van der Waals surface area contributed by atoms with Crippen molar-refractivity contribution >= 4 is 17.5 Å². The Kier molecular flexibility index (Phi) is 4.09. The summed E-state index contributed by atoms with van der Waals surface area (Å²) in [6.07, 6.45) is 4.02. The van der Waals surface area contributed by atoms with E-state index in [9.17, 15) is 19.5 Å². The van der Waals surface area contributed by atoms with Crippen LogP contribution >= 0.6 is 0 Å². The molecule has 0 saturated carbocycles. The predicted molar refractivity (Wildman–Crippen MR) is 87.1 cm³/mol. The normalized spacial score (nSPS) is 21.0. The van der Waals surface area contributed by atoms with Gasteiger partial charge in [-0.1, -0.05) is 0 Å². The van der Waals surface area contributed by atoms with Gasteiger partial charge in [-0.2, -0.15) is 0 Å². The van der Waals surface area contributed by atoms with Crippen LogP contribution in [0.5, 0.6) is 0 Å². The van der Waals surface area contributed by atoms with Crippen molar-refractivity contribution in [2.75, 3.05) is 6.54 Å². The maximum Gasteiger partial charge on any atom is 0.308 e. The molecule has 3 rings (SSSR count). The van der Waals surface area contributed by atoms with Crippen LogP contribution in [0.15, 0.2) is 29.3 Å². The average Bonchev–Trinajstić information content (AvgIpc) is 2.54. The number of carboxylic acids is 1. The molecule has 2 aromatic rings. The number of piperidine rings is 1. The molecule has 0 radical (unpaired) electrons. The number of carbonyl (C=O) groups is 2. The van der Waals surface area contributed by atoms with Gasteiger partial charge in [-0.25, -0.2) is 4.98 Å². The van der Waals surface area contributed by atoms with Crippen molar-refractivity contribution in [1.29, 1.82) is 0 Å². The second-order valence-electron chi connectivity index (χ2n) is 6.33. The highest BCUT2D eigenvalue weighted by Gasteiger charge is 2.34. The summed E-state index contributed by atoms with van der Waals surface area (Å²) in [7, 11) is 0. The van der Waals surface area contributed by atoms with Crippen LogP contribution in [0.2, 0.25) is 0 Å². The largest absolute Gasteiger partial charge is 0.481 e. The molecule has 1 N–H and O–H groups in total. The summed E-state index contributed by atoms with van der Waals surface area (Å²) in [6.45, 7) is 3.88. The van der Waals surface area contributed by atoms with Crippen LogP contribution in [-0.4, -0.2) is 43.9 Å². The Bertz CT molecular complexity index is 874. The molecule has 126 valence electrons. The molecule has 3 heterocycles. The van der Waals surface area contributed by atoms with Gasteiger partial charge in [-0.3, -0.25) is 18.8 Å². The molecule has 7 nitrogen and oxygen atoms in total. The van der Waals surface area contributed by atoms with E-state index in [0.29, 0.717) is 18.5 Å². The van der Waals surface area contributed by atoms with Gasteiger partial charge in [0.15, 0.2) is 0 Å². The number of pyridine rings is 1. The van der Waals surface area contributed by atoms with Crippen molar-refractivity contribution in [3.8, 4) is 0 Å². The Morgan fingerprint density at radius 3 is 2.79 bits per heavy atom. The number of hydrogen-bond donors (Lipinski definition) is 1. The summed E-state index contributed by atoms with van der Waals surface area (Å²) in [5, 5.41) is 9.20. The second-order valence-corrected chi connectivity index (χ2v) is 6.33. The van der Waals surface area contributed by atoms with E-state index < -0.39 is 23.4 Å². The number of hydrogen-bond acceptors (Lipinski definition) is 4. The summed E-state index contributed by atoms with van der Waals surface area (Å²) in [4.78, 5) is 42.3. The average molecular weight is 329 g/mol. The van der Waals surface area contributed by atoms with Crippen LogP contribution in [0.3, 0.4) is 0 Å². The molecule has 0 aliphatic carbocycles. The fourth-order valence-corrected chi connectivity index (χ4v) is 3.07. The number of fused-ring (bicyclic) bond motifs is 1. The first-order valence-electron chi connectivity index (χ1n) is 7.90. The van der Waals surface area contributed by atoms with E-state index in [1.807, 2.05) is 13.8 Å². The third-order valence-corrected chi connectivity index (χ3v) is 4.59. The standard InChI is InChI=1S/C17H19N3O4/c1-10-5-6-19-14(7-10)18-8-13(15(19)21)16(22)20-9-12(17(23)24)4-3-11(20)2/h5-8,11-12H,3-4,9H2,1-2H3,(H,23,24). The van der Waals surface area contributed by atoms with Gasteiger partial charge < -0.3 is 10.0 Å². The molecule has 7 heteroatoms. The minimum Gasteiger partial charge on any atom is -0.481 e. The fraction of sp³-hybridized carbons (Fsp3) is 0.412. The number of carbonyl (C=O) groups excluding carboxylic acids is 1. The smallest absolute Gasteiger partial charge is 0.308 e. The number of aromatic nitrogens is 2. The lowest BCUT2D eigenvalue weighted by molar-refractivity contribution is -0.143. The Hall–Kier alpha value is -2.70. The molecular weight excluding hydrogens is 310 g/mol. The lowest BCUT2D eigenvalue weighted by Gasteiger charge is -2.36. The van der Waals surface area contributed by atoms with E-state index in [0.717, 1.165) is 5.56 Å². The summed E-state index contributed by atoms with van der Waals surface area (Å²) in [5.41, 5.74) is 0.977. The van der Waals surface area contributed by atoms with Gasteiger partial charge in [-0.15, -0.1) is 0 Å². The van der Waals surface area contributed by atoms with Crippen LogP contribution in [-0.2, 0) is 4.79 Å². The highest BCUT2D eigenvalue weighted by atomic mass is 16.4. The topological polar surface area (TPSA) is 92.0 Å². The van der Waals surface area contributed by atoms with Gasteiger partial charge in [-0.05, 0) is 44.4 Å². The predicted octanol–water partition coefficient (Wildman–Crippen LogP) is 1.33. The van der Waals surface area contributed by atoms with Crippen LogP contribution in [0.1, 0.15) is 35.7 Å². The van der Waals surface area contributed by atoms with Crippen molar-refractivity contribution in [2.45, 2.75) is 32.7 Å². The maximum absolute atomic E-state index is 12.8. The molecule has 1 aliphatic heterocycles. The van der Waals surface area contributed by atoms with E-state index in [1.165, 1.54) is 15.5 Å². The minimum absolute atomic E-state index is 0.0331. The van der Waals surface area contributed by atoms with E-state index in [-0.39, 0.29) is 18.2 Å². The van der Waals surface area contributed by atoms with Crippen LogP contribution in [0.4, 0.5) is 0 Å².